The van der Waals surface area contributed by atoms with Crippen molar-refractivity contribution >= 4 is 5.91 Å². The molecule has 96 valence electrons. The van der Waals surface area contributed by atoms with Gasteiger partial charge in [0.05, 0.1) is 18.1 Å². The highest BCUT2D eigenvalue weighted by atomic mass is 16.3. The van der Waals surface area contributed by atoms with Crippen molar-refractivity contribution in [2.75, 3.05) is 0 Å². The summed E-state index contributed by atoms with van der Waals surface area (Å²) in [6, 6.07) is 8.06. The van der Waals surface area contributed by atoms with Crippen molar-refractivity contribution in [3.05, 3.63) is 35.4 Å². The lowest BCUT2D eigenvalue weighted by atomic mass is 9.77. The summed E-state index contributed by atoms with van der Waals surface area (Å²) >= 11 is 0. The van der Waals surface area contributed by atoms with E-state index in [9.17, 15) is 9.90 Å². The fraction of sp³-hybridized carbons (Fsp3) is 0.533. The number of nitrogens with one attached hydrogen (secondary N) is 1. The molecule has 3 nitrogen and oxygen atoms in total. The normalized spacial score (nSPS) is 30.2. The van der Waals surface area contributed by atoms with Gasteiger partial charge in [0.1, 0.15) is 0 Å². The fourth-order valence-electron chi connectivity index (χ4n) is 3.06. The Morgan fingerprint density at radius 3 is 2.78 bits per heavy atom. The van der Waals surface area contributed by atoms with Crippen molar-refractivity contribution < 1.29 is 9.90 Å². The Morgan fingerprint density at radius 1 is 1.22 bits per heavy atom. The Balaban J connectivity index is 1.63. The van der Waals surface area contributed by atoms with E-state index in [1.54, 1.807) is 0 Å². The van der Waals surface area contributed by atoms with Crippen molar-refractivity contribution in [2.45, 2.75) is 50.2 Å². The summed E-state index contributed by atoms with van der Waals surface area (Å²) in [4.78, 5) is 12.2. The van der Waals surface area contributed by atoms with Crippen LogP contribution in [0.5, 0.6) is 0 Å². The summed E-state index contributed by atoms with van der Waals surface area (Å²) in [5, 5.41) is 12.9. The molecule has 0 heterocycles. The predicted octanol–water partition coefficient (Wildman–Crippen LogP) is 1.75. The van der Waals surface area contributed by atoms with Gasteiger partial charge in [0, 0.05) is 0 Å². The van der Waals surface area contributed by atoms with E-state index in [-0.39, 0.29) is 24.0 Å². The molecule has 0 aromatic heterocycles. The maximum Gasteiger partial charge on any atom is 0.228 e. The molecule has 1 unspecified atom stereocenters. The number of hydrogen-bond donors (Lipinski definition) is 2. The fourth-order valence-corrected chi connectivity index (χ4v) is 3.06. The number of fused-ring (bicyclic) bond motifs is 1. The lowest BCUT2D eigenvalue weighted by Crippen LogP contribution is -2.48. The lowest BCUT2D eigenvalue weighted by molar-refractivity contribution is -0.125. The smallest absolute Gasteiger partial charge is 0.228 e. The van der Waals surface area contributed by atoms with E-state index in [1.807, 2.05) is 18.2 Å². The zero-order valence-electron chi connectivity index (χ0n) is 10.4. The second-order valence-corrected chi connectivity index (χ2v) is 5.42. The van der Waals surface area contributed by atoms with Gasteiger partial charge in [-0.25, -0.2) is 0 Å². The van der Waals surface area contributed by atoms with Crippen LogP contribution in [0.4, 0.5) is 0 Å². The summed E-state index contributed by atoms with van der Waals surface area (Å²) in [5.74, 6) is 0.0787. The third-order valence-electron chi connectivity index (χ3n) is 4.23. The van der Waals surface area contributed by atoms with Crippen LogP contribution in [0.25, 0.3) is 0 Å². The molecule has 1 amide bonds. The highest BCUT2D eigenvalue weighted by Gasteiger charge is 2.34. The molecule has 3 rings (SSSR count). The molecule has 0 aliphatic heterocycles. The molecule has 3 heteroatoms. The first kappa shape index (κ1) is 11.7. The van der Waals surface area contributed by atoms with Crippen LogP contribution in [-0.2, 0) is 11.2 Å². The number of carbonyl (C=O) groups excluding carboxylic acids is 1. The maximum atomic E-state index is 12.2. The van der Waals surface area contributed by atoms with Crippen LogP contribution in [0.15, 0.2) is 24.3 Å². The van der Waals surface area contributed by atoms with Crippen LogP contribution in [0.3, 0.4) is 0 Å². The van der Waals surface area contributed by atoms with Crippen LogP contribution in [0.1, 0.15) is 42.7 Å². The molecule has 1 saturated carbocycles. The van der Waals surface area contributed by atoms with E-state index in [2.05, 4.69) is 11.4 Å². The molecule has 2 aliphatic rings. The SMILES string of the molecule is O=C(N[C@@H]1CCCC[C@H]1O)C1Cc2ccccc21. The van der Waals surface area contributed by atoms with Crippen molar-refractivity contribution in [3.8, 4) is 0 Å². The minimum absolute atomic E-state index is 0.00433. The number of aliphatic hydroxyl groups excluding tert-OH is 1. The minimum atomic E-state index is -0.363. The minimum Gasteiger partial charge on any atom is -0.391 e. The molecule has 0 bridgehead atoms. The van der Waals surface area contributed by atoms with Gasteiger partial charge >= 0.3 is 0 Å². The van der Waals surface area contributed by atoms with Gasteiger partial charge in [-0.3, -0.25) is 4.79 Å². The molecule has 1 aromatic carbocycles. The molecule has 2 N–H and O–H groups in total. The Hall–Kier alpha value is -1.35. The van der Waals surface area contributed by atoms with Gasteiger partial charge < -0.3 is 10.4 Å². The van der Waals surface area contributed by atoms with Gasteiger partial charge in [-0.05, 0) is 30.4 Å². The van der Waals surface area contributed by atoms with E-state index >= 15 is 0 Å². The topological polar surface area (TPSA) is 49.3 Å². The van der Waals surface area contributed by atoms with Crippen LogP contribution in [-0.4, -0.2) is 23.2 Å². The monoisotopic (exact) mass is 245 g/mol. The molecular weight excluding hydrogens is 226 g/mol. The van der Waals surface area contributed by atoms with Gasteiger partial charge in [-0.1, -0.05) is 37.1 Å². The van der Waals surface area contributed by atoms with Crippen LogP contribution in [0.2, 0.25) is 0 Å². The molecule has 1 fully saturated rings. The predicted molar refractivity (Wildman–Crippen MR) is 69.3 cm³/mol. The Kier molecular flexibility index (Phi) is 3.08. The first-order chi connectivity index (χ1) is 8.75. The number of carbonyl (C=O) groups is 1. The molecule has 1 aromatic rings. The molecule has 0 spiro atoms. The first-order valence-corrected chi connectivity index (χ1v) is 6.82. The summed E-state index contributed by atoms with van der Waals surface area (Å²) in [7, 11) is 0. The Labute approximate surface area is 107 Å². The second kappa shape index (κ2) is 4.73. The summed E-state index contributed by atoms with van der Waals surface area (Å²) in [6.07, 6.45) is 4.36. The average Bonchev–Trinajstić information content (AvgIpc) is 2.34. The van der Waals surface area contributed by atoms with Gasteiger partial charge in [0.15, 0.2) is 0 Å². The zero-order chi connectivity index (χ0) is 12.5. The quantitative estimate of drug-likeness (QED) is 0.834. The number of hydrogen-bond acceptors (Lipinski definition) is 2. The van der Waals surface area contributed by atoms with E-state index in [1.165, 1.54) is 5.56 Å². The maximum absolute atomic E-state index is 12.2. The molecule has 0 radical (unpaired) electrons. The third-order valence-corrected chi connectivity index (χ3v) is 4.23. The van der Waals surface area contributed by atoms with Crippen LogP contribution < -0.4 is 5.32 Å². The molecule has 0 saturated heterocycles. The van der Waals surface area contributed by atoms with E-state index in [4.69, 9.17) is 0 Å². The first-order valence-electron chi connectivity index (χ1n) is 6.82. The molecular formula is C15H19NO2. The number of rotatable bonds is 2. The van der Waals surface area contributed by atoms with Gasteiger partial charge in [0.25, 0.3) is 0 Å². The van der Waals surface area contributed by atoms with E-state index in [0.29, 0.717) is 0 Å². The number of amides is 1. The van der Waals surface area contributed by atoms with Crippen molar-refractivity contribution in [1.29, 1.82) is 0 Å². The summed E-state index contributed by atoms with van der Waals surface area (Å²) < 4.78 is 0. The standard InChI is InChI=1S/C15H19NO2/c17-14-8-4-3-7-13(14)16-15(18)12-9-10-5-1-2-6-11(10)12/h1-2,5-6,12-14,17H,3-4,7-9H2,(H,16,18)/t12?,13-,14-/m1/s1. The lowest BCUT2D eigenvalue weighted by Gasteiger charge is -2.33. The average molecular weight is 245 g/mol. The molecule has 3 atom stereocenters. The van der Waals surface area contributed by atoms with Crippen LogP contribution in [0, 0.1) is 0 Å². The number of aliphatic hydroxyl groups is 1. The Bertz CT molecular complexity index is 458. The van der Waals surface area contributed by atoms with Crippen molar-refractivity contribution in [1.82, 2.24) is 5.32 Å². The number of benzene rings is 1. The van der Waals surface area contributed by atoms with Crippen LogP contribution >= 0.6 is 0 Å². The largest absolute Gasteiger partial charge is 0.391 e. The zero-order valence-corrected chi connectivity index (χ0v) is 10.4. The van der Waals surface area contributed by atoms with E-state index < -0.39 is 0 Å². The van der Waals surface area contributed by atoms with Crippen molar-refractivity contribution in [3.63, 3.8) is 0 Å². The molecule has 18 heavy (non-hydrogen) atoms. The molecule has 2 aliphatic carbocycles. The highest BCUT2D eigenvalue weighted by Crippen LogP contribution is 2.35. The van der Waals surface area contributed by atoms with Gasteiger partial charge in [0.2, 0.25) is 5.91 Å². The second-order valence-electron chi connectivity index (χ2n) is 5.42. The van der Waals surface area contributed by atoms with Gasteiger partial charge in [-0.2, -0.15) is 0 Å². The third kappa shape index (κ3) is 2.03. The highest BCUT2D eigenvalue weighted by molar-refractivity contribution is 5.87. The van der Waals surface area contributed by atoms with Gasteiger partial charge in [-0.15, -0.1) is 0 Å². The Morgan fingerprint density at radius 2 is 2.00 bits per heavy atom. The summed E-state index contributed by atoms with van der Waals surface area (Å²) in [5.41, 5.74) is 2.43. The van der Waals surface area contributed by atoms with Crippen molar-refractivity contribution in [2.24, 2.45) is 0 Å². The summed E-state index contributed by atoms with van der Waals surface area (Å²) in [6.45, 7) is 0. The van der Waals surface area contributed by atoms with E-state index in [0.717, 1.165) is 37.7 Å².